The van der Waals surface area contributed by atoms with Crippen LogP contribution in [-0.2, 0) is 6.54 Å². The number of ether oxygens (including phenoxy) is 2. The number of aromatic nitrogens is 1. The van der Waals surface area contributed by atoms with Crippen LogP contribution in [-0.4, -0.2) is 22.9 Å². The van der Waals surface area contributed by atoms with Crippen molar-refractivity contribution in [2.45, 2.75) is 47.1 Å². The van der Waals surface area contributed by atoms with Crippen molar-refractivity contribution in [2.24, 2.45) is 10.2 Å². The number of hydrogen-bond donors (Lipinski definition) is 1. The van der Waals surface area contributed by atoms with Gasteiger partial charge in [-0.1, -0.05) is 13.3 Å². The van der Waals surface area contributed by atoms with E-state index in [1.807, 2.05) is 26.8 Å². The molecule has 1 N–H and O–H groups in total. The first-order valence-corrected chi connectivity index (χ1v) is 9.66. The van der Waals surface area contributed by atoms with Crippen LogP contribution in [0.25, 0.3) is 0 Å². The van der Waals surface area contributed by atoms with Crippen LogP contribution in [0.15, 0.2) is 33.2 Å². The number of pyridine rings is 1. The van der Waals surface area contributed by atoms with Crippen LogP contribution in [0.4, 0.5) is 11.4 Å². The van der Waals surface area contributed by atoms with Gasteiger partial charge in [0.05, 0.1) is 13.2 Å². The Labute approximate surface area is 170 Å². The van der Waals surface area contributed by atoms with Crippen LogP contribution in [0.3, 0.4) is 0 Å². The van der Waals surface area contributed by atoms with Crippen LogP contribution in [0.1, 0.15) is 44.7 Å². The molecule has 2 aromatic rings. The average Bonchev–Trinajstić information content (AvgIpc) is 2.70. The second-order valence-corrected chi connectivity index (χ2v) is 6.29. The van der Waals surface area contributed by atoms with Gasteiger partial charge in [-0.05, 0) is 39.3 Å². The highest BCUT2D eigenvalue weighted by Gasteiger charge is 2.19. The van der Waals surface area contributed by atoms with Crippen molar-refractivity contribution in [3.05, 3.63) is 39.7 Å². The summed E-state index contributed by atoms with van der Waals surface area (Å²) in [5.41, 5.74) is 0.249. The summed E-state index contributed by atoms with van der Waals surface area (Å²) >= 11 is 0. The highest BCUT2D eigenvalue weighted by atomic mass is 16.5. The van der Waals surface area contributed by atoms with Crippen LogP contribution in [0.2, 0.25) is 0 Å². The van der Waals surface area contributed by atoms with E-state index in [0.29, 0.717) is 43.4 Å². The Balaban J connectivity index is 2.55. The summed E-state index contributed by atoms with van der Waals surface area (Å²) < 4.78 is 12.3. The molecule has 29 heavy (non-hydrogen) atoms. The van der Waals surface area contributed by atoms with Gasteiger partial charge in [0.2, 0.25) is 5.88 Å². The van der Waals surface area contributed by atoms with E-state index in [4.69, 9.17) is 9.47 Å². The van der Waals surface area contributed by atoms with Crippen molar-refractivity contribution < 1.29 is 14.6 Å². The number of hydrogen-bond acceptors (Lipinski definition) is 7. The first-order valence-electron chi connectivity index (χ1n) is 9.66. The predicted octanol–water partition coefficient (Wildman–Crippen LogP) is 4.75. The Morgan fingerprint density at radius 1 is 1.17 bits per heavy atom. The zero-order chi connectivity index (χ0) is 21.4. The molecule has 0 atom stereocenters. The molecule has 154 valence electrons. The van der Waals surface area contributed by atoms with Crippen molar-refractivity contribution in [3.8, 4) is 23.4 Å². The Kier molecular flexibility index (Phi) is 7.78. The fourth-order valence-electron chi connectivity index (χ4n) is 2.79. The number of rotatable bonds is 9. The predicted molar refractivity (Wildman–Crippen MR) is 110 cm³/mol. The van der Waals surface area contributed by atoms with E-state index in [2.05, 4.69) is 10.2 Å². The lowest BCUT2D eigenvalue weighted by atomic mass is 10.1. The van der Waals surface area contributed by atoms with E-state index in [0.717, 1.165) is 6.42 Å². The van der Waals surface area contributed by atoms with Gasteiger partial charge in [0.25, 0.3) is 5.56 Å². The summed E-state index contributed by atoms with van der Waals surface area (Å²) in [6, 6.07) is 7.08. The van der Waals surface area contributed by atoms with Gasteiger partial charge in [0.1, 0.15) is 28.8 Å². The van der Waals surface area contributed by atoms with Crippen molar-refractivity contribution in [1.29, 1.82) is 5.26 Å². The summed E-state index contributed by atoms with van der Waals surface area (Å²) in [4.78, 5) is 12.5. The van der Waals surface area contributed by atoms with Gasteiger partial charge in [-0.25, -0.2) is 0 Å². The topological polar surface area (TPSA) is 109 Å². The number of azo groups is 1. The van der Waals surface area contributed by atoms with E-state index < -0.39 is 5.56 Å². The van der Waals surface area contributed by atoms with Gasteiger partial charge in [-0.15, -0.1) is 10.2 Å². The standard InChI is InChI=1S/C21H26N4O4/c1-5-8-11-25-20(26)16(13-22)14(4)19(21(25)27)24-23-17-10-9-15(28-6-2)12-18(17)29-7-3/h9-10,12,27H,5-8,11H2,1-4H3/b24-23+. The summed E-state index contributed by atoms with van der Waals surface area (Å²) in [5, 5.41) is 28.4. The maximum atomic E-state index is 12.5. The summed E-state index contributed by atoms with van der Waals surface area (Å²) in [5.74, 6) is 0.834. The van der Waals surface area contributed by atoms with Crippen LogP contribution >= 0.6 is 0 Å². The monoisotopic (exact) mass is 398 g/mol. The van der Waals surface area contributed by atoms with E-state index in [1.165, 1.54) is 4.57 Å². The number of nitriles is 1. The first-order chi connectivity index (χ1) is 14.0. The summed E-state index contributed by atoms with van der Waals surface area (Å²) in [6.45, 7) is 8.54. The minimum Gasteiger partial charge on any atom is -0.494 e. The van der Waals surface area contributed by atoms with Gasteiger partial charge in [0, 0.05) is 18.2 Å². The van der Waals surface area contributed by atoms with Crippen molar-refractivity contribution in [2.75, 3.05) is 13.2 Å². The summed E-state index contributed by atoms with van der Waals surface area (Å²) in [7, 11) is 0. The highest BCUT2D eigenvalue weighted by molar-refractivity contribution is 5.60. The minimum absolute atomic E-state index is 0.0513. The van der Waals surface area contributed by atoms with Crippen LogP contribution in [0, 0.1) is 18.3 Å². The third-order valence-corrected chi connectivity index (χ3v) is 4.30. The van der Waals surface area contributed by atoms with Gasteiger partial charge in [0.15, 0.2) is 5.69 Å². The smallest absolute Gasteiger partial charge is 0.271 e. The fourth-order valence-corrected chi connectivity index (χ4v) is 2.79. The molecule has 0 fully saturated rings. The molecule has 0 aliphatic carbocycles. The molecule has 0 spiro atoms. The molecule has 8 heteroatoms. The van der Waals surface area contributed by atoms with Gasteiger partial charge in [-0.2, -0.15) is 5.26 Å². The Morgan fingerprint density at radius 2 is 1.90 bits per heavy atom. The second kappa shape index (κ2) is 10.3. The molecular weight excluding hydrogens is 372 g/mol. The quantitative estimate of drug-likeness (QED) is 0.613. The Morgan fingerprint density at radius 3 is 2.52 bits per heavy atom. The highest BCUT2D eigenvalue weighted by Crippen LogP contribution is 2.36. The molecule has 0 amide bonds. The number of benzene rings is 1. The van der Waals surface area contributed by atoms with Crippen molar-refractivity contribution in [3.63, 3.8) is 0 Å². The molecule has 1 aromatic carbocycles. The number of aromatic hydroxyl groups is 1. The average molecular weight is 398 g/mol. The molecule has 1 heterocycles. The zero-order valence-corrected chi connectivity index (χ0v) is 17.2. The molecule has 0 aliphatic rings. The van der Waals surface area contributed by atoms with Gasteiger partial charge >= 0.3 is 0 Å². The first kappa shape index (κ1) is 22.0. The normalized spacial score (nSPS) is 10.9. The molecular formula is C21H26N4O4. The Bertz CT molecular complexity index is 990. The number of unbranched alkanes of at least 4 members (excludes halogenated alkanes) is 1. The lowest BCUT2D eigenvalue weighted by Crippen LogP contribution is -2.23. The van der Waals surface area contributed by atoms with Crippen molar-refractivity contribution >= 4 is 11.4 Å². The molecule has 0 bridgehead atoms. The fraction of sp³-hybridized carbons (Fsp3) is 0.429. The number of nitrogens with zero attached hydrogens (tertiary/aromatic N) is 4. The van der Waals surface area contributed by atoms with Crippen molar-refractivity contribution in [1.82, 2.24) is 4.57 Å². The molecule has 0 unspecified atom stereocenters. The van der Waals surface area contributed by atoms with E-state index in [-0.39, 0.29) is 22.7 Å². The molecule has 1 aromatic heterocycles. The lowest BCUT2D eigenvalue weighted by molar-refractivity contribution is 0.324. The van der Waals surface area contributed by atoms with E-state index in [1.54, 1.807) is 25.1 Å². The van der Waals surface area contributed by atoms with Crippen LogP contribution < -0.4 is 15.0 Å². The van der Waals surface area contributed by atoms with Gasteiger partial charge in [-0.3, -0.25) is 9.36 Å². The Hall–Kier alpha value is -3.34. The van der Waals surface area contributed by atoms with E-state index >= 15 is 0 Å². The van der Waals surface area contributed by atoms with E-state index in [9.17, 15) is 15.2 Å². The molecule has 0 aliphatic heterocycles. The van der Waals surface area contributed by atoms with Gasteiger partial charge < -0.3 is 14.6 Å². The third-order valence-electron chi connectivity index (χ3n) is 4.30. The maximum Gasteiger partial charge on any atom is 0.271 e. The van der Waals surface area contributed by atoms with Crippen LogP contribution in [0.5, 0.6) is 17.4 Å². The lowest BCUT2D eigenvalue weighted by Gasteiger charge is -2.13. The molecule has 0 saturated heterocycles. The largest absolute Gasteiger partial charge is 0.494 e. The SMILES string of the molecule is CCCCn1c(O)c(/N=N/c2ccc(OCC)cc2OCC)c(C)c(C#N)c1=O. The minimum atomic E-state index is -0.522. The maximum absolute atomic E-state index is 12.5. The molecule has 0 radical (unpaired) electrons. The molecule has 8 nitrogen and oxygen atoms in total. The third kappa shape index (κ3) is 4.93. The zero-order valence-electron chi connectivity index (χ0n) is 17.2. The summed E-state index contributed by atoms with van der Waals surface area (Å²) in [6.07, 6.45) is 1.52. The second-order valence-electron chi connectivity index (χ2n) is 6.29. The molecule has 0 saturated carbocycles. The molecule has 2 rings (SSSR count).